The molecular formula is C14H21BrO. The average Bonchev–Trinajstić information content (AvgIpc) is 2.34. The lowest BCUT2D eigenvalue weighted by molar-refractivity contribution is 0.253. The molecule has 1 rings (SSSR count). The fourth-order valence-electron chi connectivity index (χ4n) is 1.76. The van der Waals surface area contributed by atoms with Gasteiger partial charge in [0.1, 0.15) is 5.75 Å². The van der Waals surface area contributed by atoms with Gasteiger partial charge in [0.15, 0.2) is 0 Å². The molecule has 1 aromatic carbocycles. The maximum absolute atomic E-state index is 5.90. The fraction of sp³-hybridized carbons (Fsp3) is 0.571. The van der Waals surface area contributed by atoms with Crippen LogP contribution in [0.4, 0.5) is 0 Å². The standard InChI is InChI=1S/C14H21BrO/c1-3-7-12(10-15)11-16-14-9-6-5-8-13(14)4-2/h5-6,8-9,12H,3-4,7,10-11H2,1-2H3. The largest absolute Gasteiger partial charge is 0.493 e. The fourth-order valence-corrected chi connectivity index (χ4v) is 2.27. The zero-order valence-corrected chi connectivity index (χ0v) is 11.8. The Morgan fingerprint density at radius 1 is 1.25 bits per heavy atom. The molecule has 0 saturated carbocycles. The lowest BCUT2D eigenvalue weighted by Crippen LogP contribution is -2.13. The van der Waals surface area contributed by atoms with Gasteiger partial charge in [-0.3, -0.25) is 0 Å². The summed E-state index contributed by atoms with van der Waals surface area (Å²) < 4.78 is 5.90. The third kappa shape index (κ3) is 4.17. The van der Waals surface area contributed by atoms with Gasteiger partial charge in [-0.15, -0.1) is 0 Å². The first-order valence-corrected chi connectivity index (χ1v) is 7.20. The smallest absolute Gasteiger partial charge is 0.122 e. The van der Waals surface area contributed by atoms with Gasteiger partial charge >= 0.3 is 0 Å². The average molecular weight is 285 g/mol. The Hall–Kier alpha value is -0.500. The quantitative estimate of drug-likeness (QED) is 0.673. The Balaban J connectivity index is 2.52. The summed E-state index contributed by atoms with van der Waals surface area (Å²) in [7, 11) is 0. The Bertz CT molecular complexity index is 299. The number of aryl methyl sites for hydroxylation is 1. The van der Waals surface area contributed by atoms with Gasteiger partial charge < -0.3 is 4.74 Å². The van der Waals surface area contributed by atoms with Crippen molar-refractivity contribution in [2.24, 2.45) is 5.92 Å². The van der Waals surface area contributed by atoms with Crippen molar-refractivity contribution < 1.29 is 4.74 Å². The van der Waals surface area contributed by atoms with Crippen LogP contribution >= 0.6 is 15.9 Å². The molecule has 0 aliphatic heterocycles. The molecular weight excluding hydrogens is 264 g/mol. The van der Waals surface area contributed by atoms with Crippen LogP contribution in [0.15, 0.2) is 24.3 Å². The van der Waals surface area contributed by atoms with Crippen LogP contribution in [-0.4, -0.2) is 11.9 Å². The van der Waals surface area contributed by atoms with Crippen molar-refractivity contribution in [2.45, 2.75) is 33.1 Å². The monoisotopic (exact) mass is 284 g/mol. The number of para-hydroxylation sites is 1. The van der Waals surface area contributed by atoms with Crippen molar-refractivity contribution in [1.29, 1.82) is 0 Å². The molecule has 90 valence electrons. The Morgan fingerprint density at radius 3 is 2.62 bits per heavy atom. The summed E-state index contributed by atoms with van der Waals surface area (Å²) in [6.45, 7) is 5.20. The molecule has 0 aliphatic rings. The molecule has 1 aromatic rings. The number of alkyl halides is 1. The SMILES string of the molecule is CCCC(CBr)COc1ccccc1CC. The van der Waals surface area contributed by atoms with Gasteiger partial charge in [-0.1, -0.05) is 54.4 Å². The lowest BCUT2D eigenvalue weighted by atomic mass is 10.1. The minimum absolute atomic E-state index is 0.620. The molecule has 0 amide bonds. The molecule has 0 N–H and O–H groups in total. The number of benzene rings is 1. The van der Waals surface area contributed by atoms with Crippen LogP contribution in [0.1, 0.15) is 32.3 Å². The van der Waals surface area contributed by atoms with Crippen LogP contribution in [0, 0.1) is 5.92 Å². The topological polar surface area (TPSA) is 9.23 Å². The summed E-state index contributed by atoms with van der Waals surface area (Å²) in [6.07, 6.45) is 3.47. The Labute approximate surface area is 107 Å². The maximum Gasteiger partial charge on any atom is 0.122 e. The molecule has 0 aromatic heterocycles. The van der Waals surface area contributed by atoms with E-state index in [2.05, 4.69) is 48.0 Å². The van der Waals surface area contributed by atoms with Crippen LogP contribution in [0.5, 0.6) is 5.75 Å². The minimum Gasteiger partial charge on any atom is -0.493 e. The summed E-state index contributed by atoms with van der Waals surface area (Å²) in [5.74, 6) is 1.67. The van der Waals surface area contributed by atoms with Crippen molar-refractivity contribution in [3.05, 3.63) is 29.8 Å². The first kappa shape index (κ1) is 13.6. The van der Waals surface area contributed by atoms with Crippen molar-refractivity contribution >= 4 is 15.9 Å². The van der Waals surface area contributed by atoms with E-state index in [1.807, 2.05) is 6.07 Å². The number of halogens is 1. The van der Waals surface area contributed by atoms with Crippen LogP contribution < -0.4 is 4.74 Å². The predicted molar refractivity (Wildman–Crippen MR) is 73.5 cm³/mol. The second-order valence-corrected chi connectivity index (χ2v) is 4.73. The zero-order chi connectivity index (χ0) is 11.8. The summed E-state index contributed by atoms with van der Waals surface area (Å²) in [5.41, 5.74) is 1.30. The third-order valence-corrected chi connectivity index (χ3v) is 3.66. The van der Waals surface area contributed by atoms with Gasteiger partial charge in [0.05, 0.1) is 6.61 Å². The van der Waals surface area contributed by atoms with E-state index in [-0.39, 0.29) is 0 Å². The third-order valence-electron chi connectivity index (χ3n) is 2.74. The second kappa shape index (κ2) is 7.72. The van der Waals surface area contributed by atoms with E-state index in [1.54, 1.807) is 0 Å². The highest BCUT2D eigenvalue weighted by molar-refractivity contribution is 9.09. The molecule has 0 spiro atoms. The first-order valence-electron chi connectivity index (χ1n) is 6.08. The van der Waals surface area contributed by atoms with Crippen LogP contribution in [-0.2, 0) is 6.42 Å². The minimum atomic E-state index is 0.620. The highest BCUT2D eigenvalue weighted by Crippen LogP contribution is 2.20. The molecule has 16 heavy (non-hydrogen) atoms. The van der Waals surface area contributed by atoms with Crippen LogP contribution in [0.3, 0.4) is 0 Å². The van der Waals surface area contributed by atoms with E-state index in [1.165, 1.54) is 18.4 Å². The molecule has 2 heteroatoms. The molecule has 1 unspecified atom stereocenters. The van der Waals surface area contributed by atoms with Gasteiger partial charge in [-0.05, 0) is 24.5 Å². The van der Waals surface area contributed by atoms with Crippen molar-refractivity contribution in [1.82, 2.24) is 0 Å². The highest BCUT2D eigenvalue weighted by atomic mass is 79.9. The van der Waals surface area contributed by atoms with E-state index in [4.69, 9.17) is 4.74 Å². The van der Waals surface area contributed by atoms with Crippen LogP contribution in [0.2, 0.25) is 0 Å². The van der Waals surface area contributed by atoms with Crippen molar-refractivity contribution in [3.63, 3.8) is 0 Å². The lowest BCUT2D eigenvalue weighted by Gasteiger charge is -2.16. The maximum atomic E-state index is 5.90. The summed E-state index contributed by atoms with van der Waals surface area (Å²) in [4.78, 5) is 0. The first-order chi connectivity index (χ1) is 7.81. The van der Waals surface area contributed by atoms with E-state index >= 15 is 0 Å². The molecule has 0 fully saturated rings. The number of rotatable bonds is 7. The zero-order valence-electron chi connectivity index (χ0n) is 10.2. The van der Waals surface area contributed by atoms with Crippen LogP contribution in [0.25, 0.3) is 0 Å². The molecule has 0 saturated heterocycles. The normalized spacial score (nSPS) is 12.4. The van der Waals surface area contributed by atoms with E-state index in [9.17, 15) is 0 Å². The Morgan fingerprint density at radius 2 is 2.00 bits per heavy atom. The molecule has 1 atom stereocenters. The summed E-state index contributed by atoms with van der Waals surface area (Å²) in [6, 6.07) is 8.31. The van der Waals surface area contributed by atoms with E-state index in [0.29, 0.717) is 5.92 Å². The van der Waals surface area contributed by atoms with E-state index in [0.717, 1.165) is 24.1 Å². The number of hydrogen-bond donors (Lipinski definition) is 0. The van der Waals surface area contributed by atoms with Gasteiger partial charge in [0, 0.05) is 11.2 Å². The van der Waals surface area contributed by atoms with Crippen molar-refractivity contribution in [3.8, 4) is 5.75 Å². The van der Waals surface area contributed by atoms with Gasteiger partial charge in [-0.2, -0.15) is 0 Å². The molecule has 0 bridgehead atoms. The molecule has 0 heterocycles. The summed E-state index contributed by atoms with van der Waals surface area (Å²) >= 11 is 3.55. The second-order valence-electron chi connectivity index (χ2n) is 4.08. The van der Waals surface area contributed by atoms with Gasteiger partial charge in [0.25, 0.3) is 0 Å². The number of hydrogen-bond acceptors (Lipinski definition) is 1. The highest BCUT2D eigenvalue weighted by Gasteiger charge is 2.08. The Kier molecular flexibility index (Phi) is 6.55. The van der Waals surface area contributed by atoms with Crippen molar-refractivity contribution in [2.75, 3.05) is 11.9 Å². The predicted octanol–water partition coefficient (Wildman–Crippen LogP) is 4.44. The van der Waals surface area contributed by atoms with E-state index < -0.39 is 0 Å². The molecule has 0 aliphatic carbocycles. The van der Waals surface area contributed by atoms with Gasteiger partial charge in [0.2, 0.25) is 0 Å². The number of ether oxygens (including phenoxy) is 1. The molecule has 0 radical (unpaired) electrons. The molecule has 1 nitrogen and oxygen atoms in total. The van der Waals surface area contributed by atoms with Gasteiger partial charge in [-0.25, -0.2) is 0 Å². The summed E-state index contributed by atoms with van der Waals surface area (Å²) in [5, 5.41) is 1.02.